The number of furan rings is 1. The number of benzene rings is 8. The van der Waals surface area contributed by atoms with Gasteiger partial charge < -0.3 is 4.42 Å². The highest BCUT2D eigenvalue weighted by molar-refractivity contribution is 6.11. The molecular formula is C45H27N3O. The second-order valence-corrected chi connectivity index (χ2v) is 12.5. The summed E-state index contributed by atoms with van der Waals surface area (Å²) in [7, 11) is 0. The van der Waals surface area contributed by atoms with Crippen LogP contribution in [0.15, 0.2) is 168 Å². The molecule has 0 fully saturated rings. The van der Waals surface area contributed by atoms with Crippen LogP contribution in [-0.4, -0.2) is 15.0 Å². The zero-order valence-electron chi connectivity index (χ0n) is 26.3. The summed E-state index contributed by atoms with van der Waals surface area (Å²) in [6.45, 7) is 0. The molecule has 0 N–H and O–H groups in total. The van der Waals surface area contributed by atoms with E-state index in [1.165, 1.54) is 27.3 Å². The van der Waals surface area contributed by atoms with Gasteiger partial charge in [-0.25, -0.2) is 15.0 Å². The molecule has 4 nitrogen and oxygen atoms in total. The molecule has 10 rings (SSSR count). The summed E-state index contributed by atoms with van der Waals surface area (Å²) in [5.41, 5.74) is 6.78. The van der Waals surface area contributed by atoms with Crippen LogP contribution in [0.4, 0.5) is 0 Å². The lowest BCUT2D eigenvalue weighted by Crippen LogP contribution is -2.00. The van der Waals surface area contributed by atoms with Crippen LogP contribution in [0.5, 0.6) is 0 Å². The second-order valence-electron chi connectivity index (χ2n) is 12.5. The number of rotatable bonds is 4. The highest BCUT2D eigenvalue weighted by Gasteiger charge is 2.18. The van der Waals surface area contributed by atoms with Gasteiger partial charge in [-0.1, -0.05) is 127 Å². The van der Waals surface area contributed by atoms with E-state index in [9.17, 15) is 0 Å². The van der Waals surface area contributed by atoms with Crippen molar-refractivity contribution < 1.29 is 4.42 Å². The number of hydrogen-bond acceptors (Lipinski definition) is 4. The van der Waals surface area contributed by atoms with E-state index < -0.39 is 0 Å². The Bertz CT molecular complexity index is 2900. The van der Waals surface area contributed by atoms with Gasteiger partial charge in [0.25, 0.3) is 0 Å². The zero-order chi connectivity index (χ0) is 32.3. The van der Waals surface area contributed by atoms with Crippen molar-refractivity contribution in [2.45, 2.75) is 0 Å². The maximum absolute atomic E-state index is 6.24. The minimum absolute atomic E-state index is 0.607. The Hall–Kier alpha value is -6.65. The third-order valence-corrected chi connectivity index (χ3v) is 9.47. The molecule has 2 heterocycles. The molecule has 0 radical (unpaired) electrons. The number of hydrogen-bond donors (Lipinski definition) is 0. The van der Waals surface area contributed by atoms with E-state index in [2.05, 4.69) is 133 Å². The maximum atomic E-state index is 6.24. The fourth-order valence-electron chi connectivity index (χ4n) is 6.98. The van der Waals surface area contributed by atoms with Crippen LogP contribution in [0.1, 0.15) is 0 Å². The fraction of sp³-hybridized carbons (Fsp3) is 0. The predicted octanol–water partition coefficient (Wildman–Crippen LogP) is 11.9. The smallest absolute Gasteiger partial charge is 0.164 e. The first-order valence-electron chi connectivity index (χ1n) is 16.4. The molecule has 4 heteroatoms. The molecule has 0 aliphatic rings. The van der Waals surface area contributed by atoms with Gasteiger partial charge in [0.2, 0.25) is 0 Å². The Morgan fingerprint density at radius 3 is 1.47 bits per heavy atom. The van der Waals surface area contributed by atoms with E-state index in [1.807, 2.05) is 30.3 Å². The van der Waals surface area contributed by atoms with Gasteiger partial charge in [-0.05, 0) is 79.8 Å². The lowest BCUT2D eigenvalue weighted by Gasteiger charge is -2.11. The molecule has 0 saturated carbocycles. The standard InChI is InChI=1S/C45H27N3O/c1-3-10-31-24-33(20-16-28(31)8-1)34-21-17-30-19-23-36(27-37(30)26-34)44-46-43(35-22-18-29-9-2-4-11-32(29)25-35)47-45(48-44)39-13-7-15-41-42(39)38-12-5-6-14-40(38)49-41/h1-27H. The minimum Gasteiger partial charge on any atom is -0.456 e. The van der Waals surface area contributed by atoms with Gasteiger partial charge in [0.15, 0.2) is 17.5 Å². The highest BCUT2D eigenvalue weighted by Crippen LogP contribution is 2.37. The molecule has 0 bridgehead atoms. The second kappa shape index (κ2) is 11.0. The average molecular weight is 626 g/mol. The van der Waals surface area contributed by atoms with Crippen LogP contribution in [-0.2, 0) is 0 Å². The largest absolute Gasteiger partial charge is 0.456 e. The van der Waals surface area contributed by atoms with Gasteiger partial charge in [0, 0.05) is 27.5 Å². The Labute approximate surface area is 282 Å². The van der Waals surface area contributed by atoms with Gasteiger partial charge >= 0.3 is 0 Å². The van der Waals surface area contributed by atoms with E-state index >= 15 is 0 Å². The van der Waals surface area contributed by atoms with Crippen LogP contribution < -0.4 is 0 Å². The van der Waals surface area contributed by atoms with Crippen molar-refractivity contribution >= 4 is 54.3 Å². The van der Waals surface area contributed by atoms with Crippen LogP contribution in [0.3, 0.4) is 0 Å². The molecule has 49 heavy (non-hydrogen) atoms. The molecule has 8 aromatic carbocycles. The Kier molecular flexibility index (Phi) is 6.15. The Balaban J connectivity index is 1.17. The fourth-order valence-corrected chi connectivity index (χ4v) is 6.98. The van der Waals surface area contributed by atoms with Crippen molar-refractivity contribution in [1.29, 1.82) is 0 Å². The Morgan fingerprint density at radius 1 is 0.327 bits per heavy atom. The third-order valence-electron chi connectivity index (χ3n) is 9.47. The van der Waals surface area contributed by atoms with E-state index in [4.69, 9.17) is 19.4 Å². The first-order chi connectivity index (χ1) is 24.2. The van der Waals surface area contributed by atoms with E-state index in [-0.39, 0.29) is 0 Å². The van der Waals surface area contributed by atoms with Crippen molar-refractivity contribution in [3.8, 4) is 45.3 Å². The van der Waals surface area contributed by atoms with Crippen LogP contribution in [0.25, 0.3) is 99.5 Å². The van der Waals surface area contributed by atoms with Gasteiger partial charge in [-0.15, -0.1) is 0 Å². The molecule has 2 aromatic heterocycles. The van der Waals surface area contributed by atoms with Gasteiger partial charge in [-0.3, -0.25) is 0 Å². The van der Waals surface area contributed by atoms with E-state index in [1.54, 1.807) is 0 Å². The Morgan fingerprint density at radius 2 is 0.796 bits per heavy atom. The first kappa shape index (κ1) is 27.5. The number of aromatic nitrogens is 3. The topological polar surface area (TPSA) is 51.8 Å². The van der Waals surface area contributed by atoms with Crippen LogP contribution >= 0.6 is 0 Å². The van der Waals surface area contributed by atoms with Crippen LogP contribution in [0.2, 0.25) is 0 Å². The van der Waals surface area contributed by atoms with Crippen molar-refractivity contribution in [2.75, 3.05) is 0 Å². The quantitative estimate of drug-likeness (QED) is 0.195. The summed E-state index contributed by atoms with van der Waals surface area (Å²) in [6, 6.07) is 57.1. The number of para-hydroxylation sites is 1. The number of nitrogens with zero attached hydrogens (tertiary/aromatic N) is 3. The summed E-state index contributed by atoms with van der Waals surface area (Å²) < 4.78 is 6.24. The summed E-state index contributed by atoms with van der Waals surface area (Å²) in [6.07, 6.45) is 0. The van der Waals surface area contributed by atoms with E-state index in [0.29, 0.717) is 17.5 Å². The van der Waals surface area contributed by atoms with E-state index in [0.717, 1.165) is 54.8 Å². The molecule has 10 aromatic rings. The summed E-state index contributed by atoms with van der Waals surface area (Å²) >= 11 is 0. The first-order valence-corrected chi connectivity index (χ1v) is 16.4. The molecule has 228 valence electrons. The average Bonchev–Trinajstić information content (AvgIpc) is 3.56. The third kappa shape index (κ3) is 4.73. The lowest BCUT2D eigenvalue weighted by molar-refractivity contribution is 0.669. The summed E-state index contributed by atoms with van der Waals surface area (Å²) in [4.78, 5) is 15.4. The predicted molar refractivity (Wildman–Crippen MR) is 201 cm³/mol. The molecule has 0 aliphatic carbocycles. The summed E-state index contributed by atoms with van der Waals surface area (Å²) in [5.74, 6) is 1.85. The number of fused-ring (bicyclic) bond motifs is 6. The molecule has 0 aliphatic heterocycles. The molecule has 0 spiro atoms. The van der Waals surface area contributed by atoms with Crippen molar-refractivity contribution in [2.24, 2.45) is 0 Å². The monoisotopic (exact) mass is 625 g/mol. The van der Waals surface area contributed by atoms with Crippen LogP contribution in [0, 0.1) is 0 Å². The van der Waals surface area contributed by atoms with Gasteiger partial charge in [-0.2, -0.15) is 0 Å². The van der Waals surface area contributed by atoms with Crippen molar-refractivity contribution in [1.82, 2.24) is 15.0 Å². The normalized spacial score (nSPS) is 11.7. The molecule has 0 unspecified atom stereocenters. The van der Waals surface area contributed by atoms with Gasteiger partial charge in [0.05, 0.1) is 0 Å². The molecule has 0 amide bonds. The van der Waals surface area contributed by atoms with Crippen molar-refractivity contribution in [3.63, 3.8) is 0 Å². The summed E-state index contributed by atoms with van der Waals surface area (Å²) in [5, 5.41) is 9.10. The molecular weight excluding hydrogens is 599 g/mol. The molecule has 0 atom stereocenters. The minimum atomic E-state index is 0.607. The van der Waals surface area contributed by atoms with Crippen molar-refractivity contribution in [3.05, 3.63) is 164 Å². The zero-order valence-corrected chi connectivity index (χ0v) is 26.3. The highest BCUT2D eigenvalue weighted by atomic mass is 16.3. The molecule has 0 saturated heterocycles. The van der Waals surface area contributed by atoms with Gasteiger partial charge in [0.1, 0.15) is 11.2 Å². The maximum Gasteiger partial charge on any atom is 0.164 e. The SMILES string of the molecule is c1ccc2cc(-c3ccc4ccc(-c5nc(-c6ccc7ccccc7c6)nc(-c6cccc7oc8ccccc8c67)n5)cc4c3)ccc2c1. The lowest BCUT2D eigenvalue weighted by atomic mass is 9.97.